The van der Waals surface area contributed by atoms with E-state index < -0.39 is 24.7 Å². The van der Waals surface area contributed by atoms with Crippen molar-refractivity contribution in [2.45, 2.75) is 6.04 Å². The van der Waals surface area contributed by atoms with E-state index in [1.165, 1.54) is 6.08 Å². The average molecular weight is 189 g/mol. The summed E-state index contributed by atoms with van der Waals surface area (Å²) in [6, 6.07) is -1.34. The van der Waals surface area contributed by atoms with Gasteiger partial charge in [-0.2, -0.15) is 0 Å². The van der Waals surface area contributed by atoms with Gasteiger partial charge in [-0.3, -0.25) is 0 Å². The molecule has 0 saturated carbocycles. The monoisotopic (exact) mass is 189 g/mol. The molecule has 0 aromatic carbocycles. The van der Waals surface area contributed by atoms with Gasteiger partial charge in [0.1, 0.15) is 6.61 Å². The van der Waals surface area contributed by atoms with E-state index in [0.717, 1.165) is 0 Å². The van der Waals surface area contributed by atoms with Gasteiger partial charge in [0.25, 0.3) is 0 Å². The first-order valence-corrected chi connectivity index (χ1v) is 3.49. The Bertz CT molecular complexity index is 203. The number of carbonyl (C=O) groups is 2. The summed E-state index contributed by atoms with van der Waals surface area (Å²) in [5.74, 6) is -1.32. The predicted octanol–water partition coefficient (Wildman–Crippen LogP) is -0.656. The second kappa shape index (κ2) is 6.01. The predicted molar refractivity (Wildman–Crippen MR) is 43.2 cm³/mol. The molecule has 1 atom stereocenters. The molecule has 0 rings (SSSR count). The van der Waals surface area contributed by atoms with Gasteiger partial charge in [-0.25, -0.2) is 9.59 Å². The Morgan fingerprint density at radius 3 is 2.62 bits per heavy atom. The second-order valence-corrected chi connectivity index (χ2v) is 2.10. The van der Waals surface area contributed by atoms with Crippen LogP contribution in [0.15, 0.2) is 12.7 Å². The van der Waals surface area contributed by atoms with Crippen molar-refractivity contribution in [1.82, 2.24) is 5.32 Å². The van der Waals surface area contributed by atoms with Gasteiger partial charge in [-0.1, -0.05) is 12.7 Å². The van der Waals surface area contributed by atoms with Crippen LogP contribution >= 0.6 is 0 Å². The molecule has 0 aliphatic carbocycles. The number of aliphatic hydroxyl groups is 1. The lowest BCUT2D eigenvalue weighted by Gasteiger charge is -2.10. The summed E-state index contributed by atoms with van der Waals surface area (Å²) >= 11 is 0. The lowest BCUT2D eigenvalue weighted by atomic mass is 10.3. The molecule has 1 unspecified atom stereocenters. The van der Waals surface area contributed by atoms with Gasteiger partial charge in [-0.15, -0.1) is 0 Å². The van der Waals surface area contributed by atoms with E-state index in [1.807, 2.05) is 5.32 Å². The van der Waals surface area contributed by atoms with E-state index in [0.29, 0.717) is 0 Å². The quantitative estimate of drug-likeness (QED) is 0.499. The van der Waals surface area contributed by atoms with Gasteiger partial charge in [0.2, 0.25) is 0 Å². The maximum atomic E-state index is 10.7. The largest absolute Gasteiger partial charge is 0.480 e. The summed E-state index contributed by atoms with van der Waals surface area (Å²) < 4.78 is 4.43. The summed E-state index contributed by atoms with van der Waals surface area (Å²) in [5, 5.41) is 18.8. The number of hydrogen-bond donors (Lipinski definition) is 3. The van der Waals surface area contributed by atoms with Gasteiger partial charge in [0.05, 0.1) is 6.61 Å². The van der Waals surface area contributed by atoms with Crippen LogP contribution in [0.1, 0.15) is 0 Å². The van der Waals surface area contributed by atoms with Crippen molar-refractivity contribution in [3.63, 3.8) is 0 Å². The highest BCUT2D eigenvalue weighted by molar-refractivity contribution is 5.79. The minimum absolute atomic E-state index is 0.0103. The van der Waals surface area contributed by atoms with Crippen molar-refractivity contribution in [1.29, 1.82) is 0 Å². The fourth-order valence-corrected chi connectivity index (χ4v) is 0.504. The van der Waals surface area contributed by atoms with Gasteiger partial charge >= 0.3 is 12.1 Å². The Morgan fingerprint density at radius 2 is 2.23 bits per heavy atom. The van der Waals surface area contributed by atoms with E-state index in [9.17, 15) is 9.59 Å². The van der Waals surface area contributed by atoms with Crippen LogP contribution in [0.2, 0.25) is 0 Å². The van der Waals surface area contributed by atoms with Gasteiger partial charge < -0.3 is 20.3 Å². The Morgan fingerprint density at radius 1 is 1.62 bits per heavy atom. The number of aliphatic hydroxyl groups excluding tert-OH is 1. The molecule has 1 amide bonds. The maximum Gasteiger partial charge on any atom is 0.408 e. The van der Waals surface area contributed by atoms with Crippen LogP contribution in [0, 0.1) is 0 Å². The van der Waals surface area contributed by atoms with Crippen molar-refractivity contribution >= 4 is 12.1 Å². The molecule has 0 aromatic rings. The van der Waals surface area contributed by atoms with Gasteiger partial charge in [0.15, 0.2) is 6.04 Å². The van der Waals surface area contributed by atoms with E-state index in [4.69, 9.17) is 10.2 Å². The first kappa shape index (κ1) is 11.4. The zero-order chi connectivity index (χ0) is 10.3. The molecule has 0 fully saturated rings. The first-order valence-electron chi connectivity index (χ1n) is 3.49. The van der Waals surface area contributed by atoms with Crippen molar-refractivity contribution in [2.24, 2.45) is 0 Å². The summed E-state index contributed by atoms with van der Waals surface area (Å²) in [5.41, 5.74) is 0. The molecule has 0 aromatic heterocycles. The fraction of sp³-hybridized carbons (Fsp3) is 0.429. The molecule has 3 N–H and O–H groups in total. The molecule has 6 heteroatoms. The summed E-state index contributed by atoms with van der Waals surface area (Å²) in [7, 11) is 0. The molecule has 13 heavy (non-hydrogen) atoms. The van der Waals surface area contributed by atoms with Crippen LogP contribution in [-0.4, -0.2) is 41.5 Å². The molecule has 0 bridgehead atoms. The highest BCUT2D eigenvalue weighted by Crippen LogP contribution is 1.85. The lowest BCUT2D eigenvalue weighted by molar-refractivity contribution is -0.140. The molecule has 0 spiro atoms. The van der Waals surface area contributed by atoms with E-state index in [2.05, 4.69) is 11.3 Å². The van der Waals surface area contributed by atoms with Gasteiger partial charge in [0, 0.05) is 0 Å². The topological polar surface area (TPSA) is 95.9 Å². The number of nitrogens with one attached hydrogen (secondary N) is 1. The first-order chi connectivity index (χ1) is 6.11. The summed E-state index contributed by atoms with van der Waals surface area (Å²) in [4.78, 5) is 21.0. The lowest BCUT2D eigenvalue weighted by Crippen LogP contribution is -2.43. The standard InChI is InChI=1S/C7H11NO5/c1-2-3-13-7(12)8-5(4-9)6(10)11/h2,5,9H,1,3-4H2,(H,8,12)(H,10,11). The van der Waals surface area contributed by atoms with Crippen LogP contribution in [0.5, 0.6) is 0 Å². The van der Waals surface area contributed by atoms with Crippen LogP contribution in [0.4, 0.5) is 4.79 Å². The maximum absolute atomic E-state index is 10.7. The number of carboxylic acid groups (broad SMARTS) is 1. The molecule has 74 valence electrons. The molecular formula is C7H11NO5. The Hall–Kier alpha value is -1.56. The second-order valence-electron chi connectivity index (χ2n) is 2.10. The highest BCUT2D eigenvalue weighted by Gasteiger charge is 2.18. The van der Waals surface area contributed by atoms with Crippen LogP contribution in [0.25, 0.3) is 0 Å². The molecule has 0 aliphatic rings. The van der Waals surface area contributed by atoms with Crippen LogP contribution < -0.4 is 5.32 Å². The Kier molecular flexibility index (Phi) is 5.29. The molecule has 0 heterocycles. The number of carboxylic acids is 1. The third-order valence-electron chi connectivity index (χ3n) is 1.11. The van der Waals surface area contributed by atoms with Crippen molar-refractivity contribution in [2.75, 3.05) is 13.2 Å². The number of ether oxygens (including phenoxy) is 1. The Labute approximate surface area is 74.8 Å². The molecule has 0 aliphatic heterocycles. The number of alkyl carbamates (subject to hydrolysis) is 1. The third-order valence-corrected chi connectivity index (χ3v) is 1.11. The smallest absolute Gasteiger partial charge is 0.408 e. The minimum Gasteiger partial charge on any atom is -0.480 e. The average Bonchev–Trinajstić information content (AvgIpc) is 2.10. The number of rotatable bonds is 5. The van der Waals surface area contributed by atoms with Gasteiger partial charge in [-0.05, 0) is 0 Å². The molecule has 0 radical (unpaired) electrons. The van der Waals surface area contributed by atoms with E-state index >= 15 is 0 Å². The SMILES string of the molecule is C=CCOC(=O)NC(CO)C(=O)O. The van der Waals surface area contributed by atoms with Crippen molar-refractivity contribution in [3.05, 3.63) is 12.7 Å². The van der Waals surface area contributed by atoms with E-state index in [1.54, 1.807) is 0 Å². The van der Waals surface area contributed by atoms with E-state index in [-0.39, 0.29) is 6.61 Å². The zero-order valence-corrected chi connectivity index (χ0v) is 6.90. The number of hydrogen-bond acceptors (Lipinski definition) is 4. The number of aliphatic carboxylic acids is 1. The number of carbonyl (C=O) groups excluding carboxylic acids is 1. The minimum atomic E-state index is -1.34. The third kappa shape index (κ3) is 4.81. The summed E-state index contributed by atoms with van der Waals surface area (Å²) in [6.07, 6.45) is 0.440. The van der Waals surface area contributed by atoms with Crippen molar-refractivity contribution in [3.8, 4) is 0 Å². The van der Waals surface area contributed by atoms with Crippen LogP contribution in [0.3, 0.4) is 0 Å². The normalized spacial score (nSPS) is 11.5. The summed E-state index contributed by atoms with van der Waals surface area (Å²) in [6.45, 7) is 2.60. The van der Waals surface area contributed by atoms with Crippen molar-refractivity contribution < 1.29 is 24.5 Å². The Balaban J connectivity index is 3.86. The zero-order valence-electron chi connectivity index (χ0n) is 6.90. The molecular weight excluding hydrogens is 178 g/mol. The molecule has 0 saturated heterocycles. The molecule has 6 nitrogen and oxygen atoms in total. The van der Waals surface area contributed by atoms with Crippen LogP contribution in [-0.2, 0) is 9.53 Å². The highest BCUT2D eigenvalue weighted by atomic mass is 16.5. The fourth-order valence-electron chi connectivity index (χ4n) is 0.504. The number of amides is 1.